The van der Waals surface area contributed by atoms with Gasteiger partial charge in [0, 0.05) is 25.2 Å². The predicted molar refractivity (Wildman–Crippen MR) is 61.8 cm³/mol. The third-order valence-corrected chi connectivity index (χ3v) is 3.93. The quantitative estimate of drug-likeness (QED) is 0.768. The first-order valence-electron chi connectivity index (χ1n) is 6.21. The normalized spacial score (nSPS) is 31.6. The van der Waals surface area contributed by atoms with Crippen LogP contribution in [0.5, 0.6) is 0 Å². The van der Waals surface area contributed by atoms with E-state index in [0.717, 1.165) is 13.2 Å². The van der Waals surface area contributed by atoms with Gasteiger partial charge in [0.05, 0.1) is 5.60 Å². The van der Waals surface area contributed by atoms with Gasteiger partial charge in [-0.25, -0.2) is 0 Å². The second-order valence-corrected chi connectivity index (χ2v) is 5.45. The van der Waals surface area contributed by atoms with Gasteiger partial charge in [0.25, 0.3) is 0 Å². The van der Waals surface area contributed by atoms with Crippen LogP contribution < -0.4 is 5.73 Å². The fourth-order valence-corrected chi connectivity index (χ4v) is 2.90. The molecule has 2 atom stereocenters. The summed E-state index contributed by atoms with van der Waals surface area (Å²) in [5, 5.41) is 0. The average molecular weight is 212 g/mol. The number of hydrogen-bond acceptors (Lipinski definition) is 3. The predicted octanol–water partition coefficient (Wildman–Crippen LogP) is 1.37. The summed E-state index contributed by atoms with van der Waals surface area (Å²) in [5.41, 5.74) is 6.10. The van der Waals surface area contributed by atoms with E-state index in [1.54, 1.807) is 0 Å². The zero-order chi connectivity index (χ0) is 10.9. The van der Waals surface area contributed by atoms with Crippen molar-refractivity contribution in [3.8, 4) is 0 Å². The molecule has 0 bridgehead atoms. The molecule has 1 saturated heterocycles. The second kappa shape index (κ2) is 4.40. The van der Waals surface area contributed by atoms with Crippen LogP contribution in [-0.2, 0) is 4.74 Å². The van der Waals surface area contributed by atoms with Crippen LogP contribution in [-0.4, -0.2) is 42.8 Å². The Kier molecular flexibility index (Phi) is 3.33. The van der Waals surface area contributed by atoms with E-state index < -0.39 is 0 Å². The Hall–Kier alpha value is -0.120. The lowest BCUT2D eigenvalue weighted by atomic mass is 9.73. The number of rotatable bonds is 3. The van der Waals surface area contributed by atoms with Gasteiger partial charge < -0.3 is 15.4 Å². The van der Waals surface area contributed by atoms with E-state index in [1.165, 1.54) is 32.1 Å². The van der Waals surface area contributed by atoms with Crippen molar-refractivity contribution < 1.29 is 4.74 Å². The number of nitrogens with two attached hydrogens (primary N) is 1. The zero-order valence-electron chi connectivity index (χ0n) is 10.0. The first-order chi connectivity index (χ1) is 7.11. The van der Waals surface area contributed by atoms with Crippen LogP contribution in [0.25, 0.3) is 0 Å². The van der Waals surface area contributed by atoms with Crippen molar-refractivity contribution in [3.05, 3.63) is 0 Å². The van der Waals surface area contributed by atoms with E-state index in [9.17, 15) is 0 Å². The Balaban J connectivity index is 1.86. The van der Waals surface area contributed by atoms with Crippen molar-refractivity contribution in [1.29, 1.82) is 0 Å². The Morgan fingerprint density at radius 1 is 1.53 bits per heavy atom. The summed E-state index contributed by atoms with van der Waals surface area (Å²) < 4.78 is 5.93. The summed E-state index contributed by atoms with van der Waals surface area (Å²) in [4.78, 5) is 2.42. The summed E-state index contributed by atoms with van der Waals surface area (Å²) in [6.45, 7) is 4.02. The smallest absolute Gasteiger partial charge is 0.0697 e. The number of hydrogen-bond donors (Lipinski definition) is 1. The minimum atomic E-state index is 0.259. The summed E-state index contributed by atoms with van der Waals surface area (Å²) in [6, 6.07) is 0.959. The van der Waals surface area contributed by atoms with Gasteiger partial charge >= 0.3 is 0 Å². The number of ether oxygens (including phenoxy) is 1. The minimum absolute atomic E-state index is 0.259. The number of likely N-dealkylation sites (N-methyl/N-ethyl adjacent to an activating group) is 1. The Morgan fingerprint density at radius 3 is 2.80 bits per heavy atom. The van der Waals surface area contributed by atoms with Crippen LogP contribution in [0.3, 0.4) is 0 Å². The lowest BCUT2D eigenvalue weighted by Crippen LogP contribution is -2.52. The van der Waals surface area contributed by atoms with Gasteiger partial charge in [-0.3, -0.25) is 0 Å². The average Bonchev–Trinajstić information content (AvgIpc) is 2.14. The maximum atomic E-state index is 5.93. The van der Waals surface area contributed by atoms with Crippen LogP contribution in [0.15, 0.2) is 0 Å². The minimum Gasteiger partial charge on any atom is -0.375 e. The van der Waals surface area contributed by atoms with E-state index >= 15 is 0 Å². The molecule has 0 amide bonds. The Bertz CT molecular complexity index is 214. The van der Waals surface area contributed by atoms with Gasteiger partial charge in [-0.05, 0) is 46.1 Å². The third kappa shape index (κ3) is 2.52. The van der Waals surface area contributed by atoms with Gasteiger partial charge in [0.2, 0.25) is 0 Å². The van der Waals surface area contributed by atoms with E-state index in [-0.39, 0.29) is 11.6 Å². The standard InChI is InChI=1S/C12H24N2O/c1-10(13)9-14(2)11-4-7-15-12(8-11)5-3-6-12/h10-11H,3-9,13H2,1-2H3. The van der Waals surface area contributed by atoms with Crippen molar-refractivity contribution in [3.63, 3.8) is 0 Å². The zero-order valence-corrected chi connectivity index (χ0v) is 10.0. The Morgan fingerprint density at radius 2 is 2.27 bits per heavy atom. The molecule has 0 radical (unpaired) electrons. The highest BCUT2D eigenvalue weighted by Crippen LogP contribution is 2.43. The first kappa shape index (κ1) is 11.4. The first-order valence-corrected chi connectivity index (χ1v) is 6.21. The topological polar surface area (TPSA) is 38.5 Å². The van der Waals surface area contributed by atoms with Crippen LogP contribution >= 0.6 is 0 Å². The molecule has 2 rings (SSSR count). The van der Waals surface area contributed by atoms with E-state index in [0.29, 0.717) is 6.04 Å². The molecule has 0 aromatic rings. The molecule has 0 aromatic heterocycles. The van der Waals surface area contributed by atoms with Crippen molar-refractivity contribution in [2.75, 3.05) is 20.2 Å². The Labute approximate surface area is 93.0 Å². The highest BCUT2D eigenvalue weighted by Gasteiger charge is 2.43. The molecule has 2 aliphatic rings. The van der Waals surface area contributed by atoms with Gasteiger partial charge in [0.1, 0.15) is 0 Å². The molecule has 3 heteroatoms. The van der Waals surface area contributed by atoms with Gasteiger partial charge in [-0.15, -0.1) is 0 Å². The van der Waals surface area contributed by atoms with Crippen LogP contribution in [0.4, 0.5) is 0 Å². The molecular formula is C12H24N2O. The monoisotopic (exact) mass is 212 g/mol. The van der Waals surface area contributed by atoms with Gasteiger partial charge in [0.15, 0.2) is 0 Å². The molecule has 2 unspecified atom stereocenters. The third-order valence-electron chi connectivity index (χ3n) is 3.93. The largest absolute Gasteiger partial charge is 0.375 e. The lowest BCUT2D eigenvalue weighted by Gasteiger charge is -2.49. The van der Waals surface area contributed by atoms with Crippen LogP contribution in [0.1, 0.15) is 39.0 Å². The SMILES string of the molecule is CC(N)CN(C)C1CCOC2(CCC2)C1. The van der Waals surface area contributed by atoms with E-state index in [4.69, 9.17) is 10.5 Å². The summed E-state index contributed by atoms with van der Waals surface area (Å²) in [6.07, 6.45) is 6.29. The van der Waals surface area contributed by atoms with Crippen molar-refractivity contribution in [1.82, 2.24) is 4.90 Å². The van der Waals surface area contributed by atoms with Gasteiger partial charge in [-0.2, -0.15) is 0 Å². The molecule has 88 valence electrons. The molecule has 15 heavy (non-hydrogen) atoms. The van der Waals surface area contributed by atoms with Crippen molar-refractivity contribution >= 4 is 0 Å². The molecule has 1 aliphatic heterocycles. The van der Waals surface area contributed by atoms with Crippen LogP contribution in [0, 0.1) is 0 Å². The molecule has 1 spiro atoms. The fraction of sp³-hybridized carbons (Fsp3) is 1.00. The molecule has 0 aromatic carbocycles. The summed E-state index contributed by atoms with van der Waals surface area (Å²) in [5.74, 6) is 0. The summed E-state index contributed by atoms with van der Waals surface area (Å²) >= 11 is 0. The van der Waals surface area contributed by atoms with Crippen LogP contribution in [0.2, 0.25) is 0 Å². The molecule has 1 saturated carbocycles. The van der Waals surface area contributed by atoms with E-state index in [2.05, 4.69) is 18.9 Å². The van der Waals surface area contributed by atoms with E-state index in [1.807, 2.05) is 0 Å². The molecule has 2 fully saturated rings. The van der Waals surface area contributed by atoms with Crippen molar-refractivity contribution in [2.24, 2.45) is 5.73 Å². The number of nitrogens with zero attached hydrogens (tertiary/aromatic N) is 1. The maximum Gasteiger partial charge on any atom is 0.0697 e. The molecular weight excluding hydrogens is 188 g/mol. The fourth-order valence-electron chi connectivity index (χ4n) is 2.90. The highest BCUT2D eigenvalue weighted by molar-refractivity contribution is 4.96. The molecule has 1 aliphatic carbocycles. The molecule has 3 nitrogen and oxygen atoms in total. The van der Waals surface area contributed by atoms with Crippen molar-refractivity contribution in [2.45, 2.75) is 56.7 Å². The second-order valence-electron chi connectivity index (χ2n) is 5.45. The highest BCUT2D eigenvalue weighted by atomic mass is 16.5. The lowest BCUT2D eigenvalue weighted by molar-refractivity contribution is -0.146. The molecule has 2 N–H and O–H groups in total. The van der Waals surface area contributed by atoms with Gasteiger partial charge in [-0.1, -0.05) is 0 Å². The molecule has 1 heterocycles. The summed E-state index contributed by atoms with van der Waals surface area (Å²) in [7, 11) is 2.20. The maximum absolute atomic E-state index is 5.93.